The minimum Gasteiger partial charge on any atom is -0.478 e. The Morgan fingerprint density at radius 2 is 2.27 bits per heavy atom. The lowest BCUT2D eigenvalue weighted by atomic mass is 10.2. The second kappa shape index (κ2) is 10.1. The van der Waals surface area contributed by atoms with E-state index >= 15 is 0 Å². The molecule has 0 radical (unpaired) electrons. The molecule has 2 rings (SSSR count). The van der Waals surface area contributed by atoms with Crippen LogP contribution in [0.4, 0.5) is 4.79 Å². The molecule has 1 fully saturated rings. The van der Waals surface area contributed by atoms with Crippen LogP contribution < -0.4 is 10.1 Å². The van der Waals surface area contributed by atoms with E-state index in [1.165, 1.54) is 13.2 Å². The molecule has 1 N–H and O–H groups in total. The summed E-state index contributed by atoms with van der Waals surface area (Å²) in [6.45, 7) is 5.07. The maximum Gasteiger partial charge on any atom is 0.410 e. The molecule has 0 spiro atoms. The van der Waals surface area contributed by atoms with Crippen LogP contribution in [0.5, 0.6) is 5.75 Å². The van der Waals surface area contributed by atoms with Crippen molar-refractivity contribution in [3.05, 3.63) is 42.5 Å². The highest BCUT2D eigenvalue weighted by Gasteiger charge is 2.34. The van der Waals surface area contributed by atoms with E-state index in [2.05, 4.69) is 29.3 Å². The average molecular weight is 380 g/mol. The highest BCUT2D eigenvalue weighted by molar-refractivity contribution is 7.81. The molecule has 1 aromatic carbocycles. The Morgan fingerprint density at radius 3 is 3.00 bits per heavy atom. The van der Waals surface area contributed by atoms with Gasteiger partial charge in [0.2, 0.25) is 0 Å². The Morgan fingerprint density at radius 1 is 1.46 bits per heavy atom. The largest absolute Gasteiger partial charge is 0.478 e. The SMILES string of the molecule is C=CCOC(=O)N1CC(S)CC1CNCOc1cccc(C(=O)OC)c1. The third-order valence-corrected chi connectivity index (χ3v) is 4.30. The lowest BCUT2D eigenvalue weighted by Gasteiger charge is -2.24. The molecule has 0 aromatic heterocycles. The van der Waals surface area contributed by atoms with Crippen molar-refractivity contribution in [1.29, 1.82) is 0 Å². The van der Waals surface area contributed by atoms with Crippen LogP contribution in [0, 0.1) is 0 Å². The van der Waals surface area contributed by atoms with E-state index in [4.69, 9.17) is 9.47 Å². The number of likely N-dealkylation sites (tertiary alicyclic amines) is 1. The van der Waals surface area contributed by atoms with Crippen LogP contribution in [-0.4, -0.2) is 61.8 Å². The first-order valence-corrected chi connectivity index (χ1v) is 8.81. The number of ether oxygens (including phenoxy) is 3. The lowest BCUT2D eigenvalue weighted by molar-refractivity contribution is 0.0600. The topological polar surface area (TPSA) is 77.1 Å². The molecule has 0 saturated carbocycles. The van der Waals surface area contributed by atoms with Crippen LogP contribution in [0.2, 0.25) is 0 Å². The predicted molar refractivity (Wildman–Crippen MR) is 101 cm³/mol. The Bertz CT molecular complexity index is 640. The normalized spacial score (nSPS) is 19.1. The van der Waals surface area contributed by atoms with E-state index in [9.17, 15) is 9.59 Å². The fourth-order valence-corrected chi connectivity index (χ4v) is 3.13. The molecule has 1 aromatic rings. The molecule has 1 aliphatic heterocycles. The molecule has 2 atom stereocenters. The first kappa shape index (κ1) is 20.1. The van der Waals surface area contributed by atoms with Crippen LogP contribution >= 0.6 is 12.6 Å². The van der Waals surface area contributed by atoms with Gasteiger partial charge in [-0.3, -0.25) is 5.32 Å². The zero-order valence-corrected chi connectivity index (χ0v) is 15.6. The molecule has 142 valence electrons. The van der Waals surface area contributed by atoms with Gasteiger partial charge in [0.1, 0.15) is 19.1 Å². The van der Waals surface area contributed by atoms with Gasteiger partial charge in [0.05, 0.1) is 12.7 Å². The quantitative estimate of drug-likeness (QED) is 0.236. The van der Waals surface area contributed by atoms with Crippen molar-refractivity contribution >= 4 is 24.7 Å². The molecule has 1 heterocycles. The third-order valence-electron chi connectivity index (χ3n) is 3.93. The summed E-state index contributed by atoms with van der Waals surface area (Å²) in [4.78, 5) is 25.3. The fourth-order valence-electron chi connectivity index (χ4n) is 2.71. The average Bonchev–Trinajstić information content (AvgIpc) is 3.03. The summed E-state index contributed by atoms with van der Waals surface area (Å²) in [7, 11) is 1.33. The zero-order chi connectivity index (χ0) is 18.9. The van der Waals surface area contributed by atoms with Crippen molar-refractivity contribution in [3.8, 4) is 5.75 Å². The minimum absolute atomic E-state index is 0.0141. The second-order valence-electron chi connectivity index (χ2n) is 5.82. The number of amides is 1. The van der Waals surface area contributed by atoms with Gasteiger partial charge in [0, 0.05) is 24.4 Å². The summed E-state index contributed by atoms with van der Waals surface area (Å²) in [6, 6.07) is 6.74. The summed E-state index contributed by atoms with van der Waals surface area (Å²) in [5.41, 5.74) is 0.426. The van der Waals surface area contributed by atoms with Crippen molar-refractivity contribution in [2.24, 2.45) is 0 Å². The number of nitrogens with one attached hydrogen (secondary N) is 1. The number of rotatable bonds is 8. The van der Waals surface area contributed by atoms with E-state index in [-0.39, 0.29) is 30.7 Å². The van der Waals surface area contributed by atoms with Gasteiger partial charge in [0.15, 0.2) is 0 Å². The van der Waals surface area contributed by atoms with Crippen LogP contribution in [0.1, 0.15) is 16.8 Å². The number of thiol groups is 1. The molecule has 7 nitrogen and oxygen atoms in total. The number of benzene rings is 1. The van der Waals surface area contributed by atoms with Crippen LogP contribution in [-0.2, 0) is 9.47 Å². The van der Waals surface area contributed by atoms with Crippen molar-refractivity contribution in [1.82, 2.24) is 10.2 Å². The van der Waals surface area contributed by atoms with E-state index in [1.54, 1.807) is 29.2 Å². The first-order valence-electron chi connectivity index (χ1n) is 8.29. The smallest absolute Gasteiger partial charge is 0.410 e. The summed E-state index contributed by atoms with van der Waals surface area (Å²) in [5, 5.41) is 3.28. The van der Waals surface area contributed by atoms with Crippen molar-refractivity contribution in [2.75, 3.05) is 33.5 Å². The molecule has 0 aliphatic carbocycles. The first-order chi connectivity index (χ1) is 12.5. The monoisotopic (exact) mass is 380 g/mol. The van der Waals surface area contributed by atoms with E-state index in [1.807, 2.05) is 0 Å². The number of carbonyl (C=O) groups is 2. The van der Waals surface area contributed by atoms with Gasteiger partial charge in [-0.05, 0) is 24.6 Å². The summed E-state index contributed by atoms with van der Waals surface area (Å²) in [5.74, 6) is 0.143. The van der Waals surface area contributed by atoms with E-state index in [0.717, 1.165) is 6.42 Å². The number of hydrogen-bond donors (Lipinski definition) is 2. The summed E-state index contributed by atoms with van der Waals surface area (Å²) >= 11 is 4.47. The molecule has 1 saturated heterocycles. The number of esters is 1. The zero-order valence-electron chi connectivity index (χ0n) is 14.7. The van der Waals surface area contributed by atoms with Crippen molar-refractivity contribution in [3.63, 3.8) is 0 Å². The Kier molecular flexibility index (Phi) is 7.80. The van der Waals surface area contributed by atoms with Crippen LogP contribution in [0.3, 0.4) is 0 Å². The maximum absolute atomic E-state index is 12.1. The van der Waals surface area contributed by atoms with Gasteiger partial charge in [-0.25, -0.2) is 9.59 Å². The van der Waals surface area contributed by atoms with Crippen molar-refractivity contribution in [2.45, 2.75) is 17.7 Å². The highest BCUT2D eigenvalue weighted by Crippen LogP contribution is 2.22. The Balaban J connectivity index is 1.80. The molecule has 26 heavy (non-hydrogen) atoms. The molecule has 1 aliphatic rings. The Hall–Kier alpha value is -2.19. The fraction of sp³-hybridized carbons (Fsp3) is 0.444. The van der Waals surface area contributed by atoms with Crippen LogP contribution in [0.25, 0.3) is 0 Å². The maximum atomic E-state index is 12.1. The lowest BCUT2D eigenvalue weighted by Crippen LogP contribution is -2.42. The number of methoxy groups -OCH3 is 1. The van der Waals surface area contributed by atoms with Gasteiger partial charge in [-0.2, -0.15) is 12.6 Å². The predicted octanol–water partition coefficient (Wildman–Crippen LogP) is 2.09. The molecular formula is C18H24N2O5S. The van der Waals surface area contributed by atoms with Gasteiger partial charge in [0.25, 0.3) is 0 Å². The van der Waals surface area contributed by atoms with Gasteiger partial charge < -0.3 is 19.1 Å². The number of hydrogen-bond acceptors (Lipinski definition) is 7. The van der Waals surface area contributed by atoms with Crippen molar-refractivity contribution < 1.29 is 23.8 Å². The highest BCUT2D eigenvalue weighted by atomic mass is 32.1. The molecule has 0 bridgehead atoms. The standard InChI is InChI=1S/C18H24N2O5S/c1-3-7-24-18(22)20-11-16(26)9-14(20)10-19-12-25-15-6-4-5-13(8-15)17(21)23-2/h3-6,8,14,16,19,26H,1,7,9-12H2,2H3. The third kappa shape index (κ3) is 5.67. The minimum atomic E-state index is -0.414. The second-order valence-corrected chi connectivity index (χ2v) is 6.55. The molecular weight excluding hydrogens is 356 g/mol. The number of carbonyl (C=O) groups excluding carboxylic acids is 2. The Labute approximate surface area is 158 Å². The van der Waals surface area contributed by atoms with Gasteiger partial charge in [-0.1, -0.05) is 18.7 Å². The molecule has 2 unspecified atom stereocenters. The van der Waals surface area contributed by atoms with Gasteiger partial charge in [-0.15, -0.1) is 0 Å². The number of nitrogens with zero attached hydrogens (tertiary/aromatic N) is 1. The van der Waals surface area contributed by atoms with Crippen LogP contribution in [0.15, 0.2) is 36.9 Å². The van der Waals surface area contributed by atoms with E-state index in [0.29, 0.717) is 24.4 Å². The van der Waals surface area contributed by atoms with Gasteiger partial charge >= 0.3 is 12.1 Å². The summed E-state index contributed by atoms with van der Waals surface area (Å²) in [6.07, 6.45) is 1.95. The molecule has 1 amide bonds. The molecule has 8 heteroatoms. The summed E-state index contributed by atoms with van der Waals surface area (Å²) < 4.78 is 15.4. The van der Waals surface area contributed by atoms with E-state index < -0.39 is 5.97 Å².